The lowest BCUT2D eigenvalue weighted by molar-refractivity contribution is -0.121. The van der Waals surface area contributed by atoms with E-state index in [9.17, 15) is 4.79 Å². The molecule has 1 rings (SSSR count). The molecular formula is C24H48N2OS. The molecule has 1 amide bonds. The average molecular weight is 413 g/mol. The topological polar surface area (TPSA) is 32.3 Å². The van der Waals surface area contributed by atoms with Crippen molar-refractivity contribution in [2.75, 3.05) is 19.6 Å². The molecule has 0 radical (unpaired) electrons. The highest BCUT2D eigenvalue weighted by molar-refractivity contribution is 7.80. The van der Waals surface area contributed by atoms with Crippen LogP contribution in [0.3, 0.4) is 0 Å². The van der Waals surface area contributed by atoms with E-state index < -0.39 is 0 Å². The van der Waals surface area contributed by atoms with E-state index in [2.05, 4.69) is 36.0 Å². The molecule has 0 aliphatic carbocycles. The fraction of sp³-hybridized carbons (Fsp3) is 0.792. The maximum atomic E-state index is 11.6. The second-order valence-electron chi connectivity index (χ2n) is 7.11. The summed E-state index contributed by atoms with van der Waals surface area (Å²) in [7, 11) is 0. The summed E-state index contributed by atoms with van der Waals surface area (Å²) in [6.07, 6.45) is 10.8. The molecule has 166 valence electrons. The number of amides is 1. The van der Waals surface area contributed by atoms with Crippen molar-refractivity contribution in [3.05, 3.63) is 24.4 Å². The lowest BCUT2D eigenvalue weighted by Gasteiger charge is -2.33. The summed E-state index contributed by atoms with van der Waals surface area (Å²) in [4.78, 5) is 14.0. The first-order valence-electron chi connectivity index (χ1n) is 11.5. The van der Waals surface area contributed by atoms with Gasteiger partial charge in [0.25, 0.3) is 0 Å². The molecule has 1 fully saturated rings. The molecule has 1 saturated heterocycles. The summed E-state index contributed by atoms with van der Waals surface area (Å²) in [6.45, 7) is 21.1. The standard InChI is InChI=1S/C20H36N2OS.2C2H6/c1-17(2)10-11-20(23)21-14-8-6-4-5-7-9-18(3)22-15-12-19(24)13-16-22;2*1-2/h19,24H,1,3-16H2,2H3,(H,21,23);2*1-2H3. The third-order valence-corrected chi connectivity index (χ3v) is 5.17. The molecule has 1 aliphatic heterocycles. The lowest BCUT2D eigenvalue weighted by atomic mass is 10.1. The van der Waals surface area contributed by atoms with E-state index >= 15 is 0 Å². The van der Waals surface area contributed by atoms with E-state index in [1.807, 2.05) is 34.6 Å². The number of carbonyl (C=O) groups excluding carboxylic acids is 1. The largest absolute Gasteiger partial charge is 0.375 e. The summed E-state index contributed by atoms with van der Waals surface area (Å²) in [5, 5.41) is 3.57. The molecule has 0 aromatic heterocycles. The number of carbonyl (C=O) groups is 1. The molecule has 3 nitrogen and oxygen atoms in total. The van der Waals surface area contributed by atoms with Crippen molar-refractivity contribution in [3.63, 3.8) is 0 Å². The normalized spacial score (nSPS) is 13.6. The van der Waals surface area contributed by atoms with Crippen LogP contribution in [0.15, 0.2) is 24.4 Å². The van der Waals surface area contributed by atoms with Crippen LogP contribution in [0.1, 0.15) is 98.8 Å². The molecule has 0 aromatic carbocycles. The minimum absolute atomic E-state index is 0.152. The molecule has 4 heteroatoms. The second-order valence-corrected chi connectivity index (χ2v) is 7.84. The quantitative estimate of drug-likeness (QED) is 0.211. The number of piperidine rings is 1. The maximum absolute atomic E-state index is 11.6. The van der Waals surface area contributed by atoms with E-state index in [1.54, 1.807) is 0 Å². The van der Waals surface area contributed by atoms with E-state index in [1.165, 1.54) is 44.2 Å². The van der Waals surface area contributed by atoms with Crippen LogP contribution in [0.5, 0.6) is 0 Å². The maximum Gasteiger partial charge on any atom is 0.220 e. The van der Waals surface area contributed by atoms with Gasteiger partial charge in [-0.05, 0) is 45.4 Å². The number of nitrogens with zero attached hydrogens (tertiary/aromatic N) is 1. The first kappa shape index (κ1) is 29.3. The number of likely N-dealkylation sites (tertiary alicyclic amines) is 1. The van der Waals surface area contributed by atoms with Crippen molar-refractivity contribution in [2.24, 2.45) is 0 Å². The zero-order valence-corrected chi connectivity index (χ0v) is 20.4. The number of unbranched alkanes of at least 4 members (excludes halogenated alkanes) is 4. The zero-order chi connectivity index (χ0) is 21.8. The van der Waals surface area contributed by atoms with Crippen molar-refractivity contribution in [1.29, 1.82) is 0 Å². The Kier molecular flexibility index (Phi) is 21.8. The van der Waals surface area contributed by atoms with Crippen molar-refractivity contribution in [2.45, 2.75) is 104 Å². The minimum atomic E-state index is 0.152. The van der Waals surface area contributed by atoms with Gasteiger partial charge in [-0.2, -0.15) is 12.6 Å². The van der Waals surface area contributed by atoms with Gasteiger partial charge in [0.05, 0.1) is 0 Å². The number of thiol groups is 1. The third kappa shape index (κ3) is 17.2. The molecule has 28 heavy (non-hydrogen) atoms. The molecule has 0 unspecified atom stereocenters. The van der Waals surface area contributed by atoms with Crippen LogP contribution in [0.25, 0.3) is 0 Å². The fourth-order valence-corrected chi connectivity index (χ4v) is 3.20. The monoisotopic (exact) mass is 412 g/mol. The Morgan fingerprint density at radius 1 is 0.929 bits per heavy atom. The molecular weight excluding hydrogens is 364 g/mol. The van der Waals surface area contributed by atoms with E-state index in [0.717, 1.165) is 44.5 Å². The van der Waals surface area contributed by atoms with Crippen LogP contribution in [0.2, 0.25) is 0 Å². The minimum Gasteiger partial charge on any atom is -0.375 e. The van der Waals surface area contributed by atoms with Gasteiger partial charge in [0.15, 0.2) is 0 Å². The molecule has 0 spiro atoms. The summed E-state index contributed by atoms with van der Waals surface area (Å²) in [6, 6.07) is 0. The van der Waals surface area contributed by atoms with E-state index in [0.29, 0.717) is 11.7 Å². The summed E-state index contributed by atoms with van der Waals surface area (Å²) in [5.41, 5.74) is 2.38. The molecule has 1 heterocycles. The smallest absolute Gasteiger partial charge is 0.220 e. The fourth-order valence-electron chi connectivity index (χ4n) is 2.97. The first-order valence-corrected chi connectivity index (χ1v) is 12.0. The molecule has 0 bridgehead atoms. The van der Waals surface area contributed by atoms with Gasteiger partial charge in [0.2, 0.25) is 5.91 Å². The predicted molar refractivity (Wildman–Crippen MR) is 130 cm³/mol. The molecule has 0 saturated carbocycles. The summed E-state index contributed by atoms with van der Waals surface area (Å²) >= 11 is 4.54. The van der Waals surface area contributed by atoms with Crippen molar-refractivity contribution in [3.8, 4) is 0 Å². The highest BCUT2D eigenvalue weighted by Gasteiger charge is 2.16. The highest BCUT2D eigenvalue weighted by atomic mass is 32.1. The van der Waals surface area contributed by atoms with Gasteiger partial charge in [-0.15, -0.1) is 6.58 Å². The van der Waals surface area contributed by atoms with Crippen molar-refractivity contribution < 1.29 is 4.79 Å². The molecule has 1 N–H and O–H groups in total. The third-order valence-electron chi connectivity index (χ3n) is 4.65. The Hall–Kier alpha value is -0.900. The first-order chi connectivity index (χ1) is 13.5. The van der Waals surface area contributed by atoms with Crippen LogP contribution < -0.4 is 5.32 Å². The Morgan fingerprint density at radius 2 is 1.46 bits per heavy atom. The van der Waals surface area contributed by atoms with Crippen LogP contribution in [0, 0.1) is 0 Å². The van der Waals surface area contributed by atoms with Crippen LogP contribution in [-0.2, 0) is 4.79 Å². The SMILES string of the molecule is C=C(C)CCC(=O)NCCCCCCCC(=C)N1CCC(S)CC1.CC.CC. The zero-order valence-electron chi connectivity index (χ0n) is 19.5. The highest BCUT2D eigenvalue weighted by Crippen LogP contribution is 2.21. The average Bonchev–Trinajstić information content (AvgIpc) is 2.71. The molecule has 0 aromatic rings. The Bertz CT molecular complexity index is 401. The predicted octanol–water partition coefficient (Wildman–Crippen LogP) is 6.76. The lowest BCUT2D eigenvalue weighted by Crippen LogP contribution is -2.33. The van der Waals surface area contributed by atoms with Gasteiger partial charge in [-0.1, -0.05) is 59.1 Å². The van der Waals surface area contributed by atoms with Gasteiger partial charge in [-0.25, -0.2) is 0 Å². The van der Waals surface area contributed by atoms with Gasteiger partial charge in [0, 0.05) is 37.0 Å². The number of nitrogens with one attached hydrogen (secondary N) is 1. The number of hydrogen-bond acceptors (Lipinski definition) is 3. The van der Waals surface area contributed by atoms with Crippen molar-refractivity contribution in [1.82, 2.24) is 10.2 Å². The van der Waals surface area contributed by atoms with Gasteiger partial charge in [0.1, 0.15) is 0 Å². The Labute approximate surface area is 181 Å². The van der Waals surface area contributed by atoms with Crippen LogP contribution >= 0.6 is 12.6 Å². The number of allylic oxidation sites excluding steroid dienone is 2. The second kappa shape index (κ2) is 20.8. The molecule has 1 aliphatic rings. The van der Waals surface area contributed by atoms with Crippen LogP contribution in [0.4, 0.5) is 0 Å². The van der Waals surface area contributed by atoms with E-state index in [-0.39, 0.29) is 5.91 Å². The van der Waals surface area contributed by atoms with Gasteiger partial charge < -0.3 is 10.2 Å². The summed E-state index contributed by atoms with van der Waals surface area (Å²) < 4.78 is 0. The Balaban J connectivity index is 0. The van der Waals surface area contributed by atoms with Gasteiger partial charge in [-0.3, -0.25) is 4.79 Å². The number of rotatable bonds is 12. The number of hydrogen-bond donors (Lipinski definition) is 2. The Morgan fingerprint density at radius 3 is 2.04 bits per heavy atom. The van der Waals surface area contributed by atoms with E-state index in [4.69, 9.17) is 0 Å². The van der Waals surface area contributed by atoms with Gasteiger partial charge >= 0.3 is 0 Å². The summed E-state index contributed by atoms with van der Waals surface area (Å²) in [5.74, 6) is 0.152. The molecule has 0 atom stereocenters. The van der Waals surface area contributed by atoms with Crippen LogP contribution in [-0.4, -0.2) is 35.7 Å². The van der Waals surface area contributed by atoms with Crippen molar-refractivity contribution >= 4 is 18.5 Å².